The highest BCUT2D eigenvalue weighted by atomic mass is 19.1. The summed E-state index contributed by atoms with van der Waals surface area (Å²) < 4.78 is 49.0. The fraction of sp³-hybridized carbons (Fsp3) is 0. The lowest BCUT2D eigenvalue weighted by atomic mass is 10.0. The standard InChI is InChI=1S/C52H31F3N4/c53-37-27-43(54)51(44(55)28-37)59-48-18-10-8-16-40(48)42-29-41-39-15-7-9-17-47(39)58(49(41)31-50(42)59)38-25-23-35(24-26-38)46-30-45(34-13-5-2-6-14-34)56-52(57-46)36-21-19-33(20-22-36)32-11-3-1-4-12-32/h1-31H. The lowest BCUT2D eigenvalue weighted by molar-refractivity contribution is 0.537. The van der Waals surface area contributed by atoms with E-state index >= 15 is 8.78 Å². The zero-order chi connectivity index (χ0) is 39.6. The Morgan fingerprint density at radius 2 is 0.797 bits per heavy atom. The SMILES string of the molecule is Fc1cc(F)c(-n2c3ccccc3c3cc4c5ccccc5n(-c5ccc(-c6cc(-c7ccccc7)nc(-c7ccc(-c8ccccc8)cc7)n6)cc5)c4cc32)c(F)c1. The van der Waals surface area contributed by atoms with Crippen molar-refractivity contribution < 1.29 is 13.2 Å². The summed E-state index contributed by atoms with van der Waals surface area (Å²) in [5, 5.41) is 3.69. The van der Waals surface area contributed by atoms with Gasteiger partial charge in [0.1, 0.15) is 11.5 Å². The van der Waals surface area contributed by atoms with Crippen LogP contribution in [0.4, 0.5) is 13.2 Å². The van der Waals surface area contributed by atoms with Gasteiger partial charge in [-0.05, 0) is 53.6 Å². The van der Waals surface area contributed by atoms with Crippen LogP contribution >= 0.6 is 0 Å². The third kappa shape index (κ3) is 5.78. The van der Waals surface area contributed by atoms with Crippen LogP contribution in [0.25, 0.3) is 100 Å². The van der Waals surface area contributed by atoms with Crippen LogP contribution in [0.5, 0.6) is 0 Å². The molecule has 0 saturated heterocycles. The first-order valence-electron chi connectivity index (χ1n) is 19.3. The molecule has 280 valence electrons. The van der Waals surface area contributed by atoms with Crippen molar-refractivity contribution in [3.63, 3.8) is 0 Å². The van der Waals surface area contributed by atoms with Crippen LogP contribution in [0, 0.1) is 17.5 Å². The Kier molecular flexibility index (Phi) is 8.01. The topological polar surface area (TPSA) is 35.6 Å². The molecule has 0 N–H and O–H groups in total. The minimum Gasteiger partial charge on any atom is -0.309 e. The minimum absolute atomic E-state index is 0.324. The summed E-state index contributed by atoms with van der Waals surface area (Å²) in [4.78, 5) is 10.1. The van der Waals surface area contributed by atoms with Gasteiger partial charge in [-0.3, -0.25) is 0 Å². The van der Waals surface area contributed by atoms with E-state index in [1.807, 2.05) is 84.9 Å². The van der Waals surface area contributed by atoms with Crippen molar-refractivity contribution in [2.45, 2.75) is 0 Å². The van der Waals surface area contributed by atoms with E-state index in [4.69, 9.17) is 9.97 Å². The van der Waals surface area contributed by atoms with Gasteiger partial charge in [0.2, 0.25) is 0 Å². The van der Waals surface area contributed by atoms with Crippen LogP contribution in [0.3, 0.4) is 0 Å². The third-order valence-electron chi connectivity index (χ3n) is 11.1. The summed E-state index contributed by atoms with van der Waals surface area (Å²) in [6.45, 7) is 0. The van der Waals surface area contributed by atoms with Gasteiger partial charge in [-0.25, -0.2) is 23.1 Å². The van der Waals surface area contributed by atoms with Crippen molar-refractivity contribution in [2.75, 3.05) is 0 Å². The molecule has 11 aromatic rings. The Morgan fingerprint density at radius 1 is 0.339 bits per heavy atom. The number of hydrogen-bond donors (Lipinski definition) is 0. The first kappa shape index (κ1) is 34.5. The molecule has 0 spiro atoms. The number of halogens is 3. The number of hydrogen-bond acceptors (Lipinski definition) is 2. The molecule has 0 amide bonds. The molecule has 0 aliphatic carbocycles. The van der Waals surface area contributed by atoms with E-state index in [2.05, 4.69) is 95.6 Å². The highest BCUT2D eigenvalue weighted by molar-refractivity contribution is 6.19. The fourth-order valence-electron chi connectivity index (χ4n) is 8.40. The third-order valence-corrected chi connectivity index (χ3v) is 11.1. The van der Waals surface area contributed by atoms with Gasteiger partial charge in [-0.15, -0.1) is 0 Å². The van der Waals surface area contributed by atoms with Crippen LogP contribution in [0.15, 0.2) is 188 Å². The van der Waals surface area contributed by atoms with Gasteiger partial charge in [0, 0.05) is 56.1 Å². The predicted molar refractivity (Wildman–Crippen MR) is 232 cm³/mol. The second kappa shape index (κ2) is 13.7. The van der Waals surface area contributed by atoms with Crippen molar-refractivity contribution in [1.82, 2.24) is 19.1 Å². The molecule has 3 aromatic heterocycles. The molecule has 3 heterocycles. The monoisotopic (exact) mass is 768 g/mol. The zero-order valence-electron chi connectivity index (χ0n) is 31.3. The Hall–Kier alpha value is -7.77. The van der Waals surface area contributed by atoms with E-state index in [9.17, 15) is 4.39 Å². The van der Waals surface area contributed by atoms with Crippen molar-refractivity contribution >= 4 is 43.6 Å². The molecule has 8 aromatic carbocycles. The molecule has 4 nitrogen and oxygen atoms in total. The van der Waals surface area contributed by atoms with Crippen LogP contribution in [0.1, 0.15) is 0 Å². The summed E-state index contributed by atoms with van der Waals surface area (Å²) in [6, 6.07) is 60.2. The molecule has 7 heteroatoms. The summed E-state index contributed by atoms with van der Waals surface area (Å²) in [5.74, 6) is -2.30. The highest BCUT2D eigenvalue weighted by Gasteiger charge is 2.22. The smallest absolute Gasteiger partial charge is 0.160 e. The Balaban J connectivity index is 1.07. The van der Waals surface area contributed by atoms with E-state index in [-0.39, 0.29) is 5.69 Å². The van der Waals surface area contributed by atoms with Crippen LogP contribution in [-0.2, 0) is 0 Å². The second-order valence-corrected chi connectivity index (χ2v) is 14.6. The fourth-order valence-corrected chi connectivity index (χ4v) is 8.40. The van der Waals surface area contributed by atoms with E-state index in [0.29, 0.717) is 16.9 Å². The maximum atomic E-state index is 15.5. The van der Waals surface area contributed by atoms with Crippen molar-refractivity contribution in [1.29, 1.82) is 0 Å². The maximum Gasteiger partial charge on any atom is 0.160 e. The highest BCUT2D eigenvalue weighted by Crippen LogP contribution is 2.41. The average molecular weight is 769 g/mol. The summed E-state index contributed by atoms with van der Waals surface area (Å²) in [7, 11) is 0. The summed E-state index contributed by atoms with van der Waals surface area (Å²) >= 11 is 0. The molecule has 0 bridgehead atoms. The molecule has 0 fully saturated rings. The largest absolute Gasteiger partial charge is 0.309 e. The number of rotatable bonds is 6. The number of benzene rings is 8. The molecule has 0 unspecified atom stereocenters. The van der Waals surface area contributed by atoms with E-state index < -0.39 is 17.5 Å². The van der Waals surface area contributed by atoms with E-state index in [1.54, 1.807) is 4.57 Å². The second-order valence-electron chi connectivity index (χ2n) is 14.6. The molecule has 0 radical (unpaired) electrons. The van der Waals surface area contributed by atoms with Crippen molar-refractivity contribution in [3.05, 3.63) is 206 Å². The first-order chi connectivity index (χ1) is 29.0. The van der Waals surface area contributed by atoms with Crippen molar-refractivity contribution in [3.8, 4) is 56.4 Å². The normalized spacial score (nSPS) is 11.6. The lowest BCUT2D eigenvalue weighted by Crippen LogP contribution is -2.02. The Labute approximate surface area is 336 Å². The van der Waals surface area contributed by atoms with E-state index in [1.165, 1.54) is 0 Å². The van der Waals surface area contributed by atoms with Gasteiger partial charge in [-0.2, -0.15) is 0 Å². The average Bonchev–Trinajstić information content (AvgIpc) is 3.77. The number of para-hydroxylation sites is 2. The summed E-state index contributed by atoms with van der Waals surface area (Å²) in [5.41, 5.74) is 10.3. The molecule has 59 heavy (non-hydrogen) atoms. The zero-order valence-corrected chi connectivity index (χ0v) is 31.3. The Bertz CT molecular complexity index is 3370. The lowest BCUT2D eigenvalue weighted by Gasteiger charge is -2.13. The van der Waals surface area contributed by atoms with Gasteiger partial charge in [0.05, 0.1) is 33.5 Å². The van der Waals surface area contributed by atoms with Crippen molar-refractivity contribution in [2.24, 2.45) is 0 Å². The number of aromatic nitrogens is 4. The number of nitrogens with zero attached hydrogens (tertiary/aromatic N) is 4. The number of fused-ring (bicyclic) bond motifs is 6. The van der Waals surface area contributed by atoms with Crippen LogP contribution < -0.4 is 0 Å². The summed E-state index contributed by atoms with van der Waals surface area (Å²) in [6.07, 6.45) is 0. The first-order valence-corrected chi connectivity index (χ1v) is 19.3. The predicted octanol–water partition coefficient (Wildman–Crippen LogP) is 13.8. The van der Waals surface area contributed by atoms with Crippen LogP contribution in [-0.4, -0.2) is 19.1 Å². The maximum absolute atomic E-state index is 15.5. The Morgan fingerprint density at radius 3 is 1.41 bits per heavy atom. The molecule has 0 aliphatic rings. The molecule has 0 saturated carbocycles. The van der Waals surface area contributed by atoms with Gasteiger partial charge < -0.3 is 9.13 Å². The van der Waals surface area contributed by atoms with Gasteiger partial charge in [0.15, 0.2) is 17.5 Å². The molecule has 0 aliphatic heterocycles. The molecule has 11 rings (SSSR count). The van der Waals surface area contributed by atoms with Gasteiger partial charge in [-0.1, -0.05) is 133 Å². The van der Waals surface area contributed by atoms with Gasteiger partial charge in [0.25, 0.3) is 0 Å². The molecular weight excluding hydrogens is 738 g/mol. The molecule has 0 atom stereocenters. The van der Waals surface area contributed by atoms with Gasteiger partial charge >= 0.3 is 0 Å². The quantitative estimate of drug-likeness (QED) is 0.169. The van der Waals surface area contributed by atoms with Crippen LogP contribution in [0.2, 0.25) is 0 Å². The molecular formula is C52H31F3N4. The minimum atomic E-state index is -0.978. The van der Waals surface area contributed by atoms with E-state index in [0.717, 1.165) is 89.6 Å².